The van der Waals surface area contributed by atoms with Crippen molar-refractivity contribution >= 4 is 9.84 Å². The second-order valence-corrected chi connectivity index (χ2v) is 7.12. The molecule has 2 saturated heterocycles. The summed E-state index contributed by atoms with van der Waals surface area (Å²) in [6, 6.07) is 0.230. The maximum absolute atomic E-state index is 11.3. The minimum Gasteiger partial charge on any atom is -0.395 e. The van der Waals surface area contributed by atoms with Gasteiger partial charge in [0.2, 0.25) is 0 Å². The molecular weight excluding hydrogens is 214 g/mol. The Labute approximate surface area is 91.0 Å². The van der Waals surface area contributed by atoms with Crippen LogP contribution in [0.25, 0.3) is 0 Å². The van der Waals surface area contributed by atoms with Crippen LogP contribution in [0.4, 0.5) is 0 Å². The summed E-state index contributed by atoms with van der Waals surface area (Å²) in [7, 11) is -2.73. The van der Waals surface area contributed by atoms with E-state index in [0.717, 1.165) is 25.8 Å². The topological polar surface area (TPSA) is 66.4 Å². The first-order valence-corrected chi connectivity index (χ1v) is 7.46. The molecule has 5 heteroatoms. The minimum absolute atomic E-state index is 0.194. The largest absolute Gasteiger partial charge is 0.395 e. The lowest BCUT2D eigenvalue weighted by molar-refractivity contribution is 0.251. The molecule has 0 radical (unpaired) electrons. The van der Waals surface area contributed by atoms with Gasteiger partial charge in [0.05, 0.1) is 18.1 Å². The molecular formula is C10H19NO3S. The van der Waals surface area contributed by atoms with Crippen LogP contribution in [0.15, 0.2) is 0 Å². The highest BCUT2D eigenvalue weighted by Crippen LogP contribution is 2.28. The van der Waals surface area contributed by atoms with Gasteiger partial charge in [-0.15, -0.1) is 0 Å². The second-order valence-electron chi connectivity index (χ2n) is 4.89. The first kappa shape index (κ1) is 11.4. The summed E-state index contributed by atoms with van der Waals surface area (Å²) < 4.78 is 22.6. The molecule has 15 heavy (non-hydrogen) atoms. The minimum atomic E-state index is -2.73. The Balaban J connectivity index is 1.79. The standard InChI is InChI=1S/C10H19NO3S/c12-6-10-4-9(5-11-10)3-8-1-2-15(13,14)7-8/h8-12H,1-7H2. The SMILES string of the molecule is O=S1(=O)CCC(CC2CNC(CO)C2)C1. The number of hydrogen-bond donors (Lipinski definition) is 2. The quantitative estimate of drug-likeness (QED) is 0.707. The van der Waals surface area contributed by atoms with E-state index in [-0.39, 0.29) is 12.6 Å². The maximum atomic E-state index is 11.3. The summed E-state index contributed by atoms with van der Waals surface area (Å²) >= 11 is 0. The van der Waals surface area contributed by atoms with Gasteiger partial charge in [-0.25, -0.2) is 8.42 Å². The van der Waals surface area contributed by atoms with Crippen LogP contribution in [0.3, 0.4) is 0 Å². The molecule has 0 amide bonds. The second kappa shape index (κ2) is 4.39. The lowest BCUT2D eigenvalue weighted by Gasteiger charge is -2.13. The van der Waals surface area contributed by atoms with E-state index in [2.05, 4.69) is 5.32 Å². The molecule has 0 bridgehead atoms. The van der Waals surface area contributed by atoms with Gasteiger partial charge >= 0.3 is 0 Å². The summed E-state index contributed by atoms with van der Waals surface area (Å²) in [6.45, 7) is 1.13. The number of nitrogens with one attached hydrogen (secondary N) is 1. The molecule has 3 atom stereocenters. The monoisotopic (exact) mass is 233 g/mol. The van der Waals surface area contributed by atoms with E-state index in [1.165, 1.54) is 0 Å². The zero-order valence-electron chi connectivity index (χ0n) is 8.85. The Morgan fingerprint density at radius 3 is 2.67 bits per heavy atom. The summed E-state index contributed by atoms with van der Waals surface area (Å²) in [5.41, 5.74) is 0. The van der Waals surface area contributed by atoms with Gasteiger partial charge in [-0.05, 0) is 37.6 Å². The van der Waals surface area contributed by atoms with Gasteiger partial charge in [-0.2, -0.15) is 0 Å². The summed E-state index contributed by atoms with van der Waals surface area (Å²) in [5.74, 6) is 1.67. The highest BCUT2D eigenvalue weighted by atomic mass is 32.2. The van der Waals surface area contributed by atoms with Crippen LogP contribution >= 0.6 is 0 Å². The molecule has 0 aliphatic carbocycles. The molecule has 88 valence electrons. The summed E-state index contributed by atoms with van der Waals surface area (Å²) in [4.78, 5) is 0. The van der Waals surface area contributed by atoms with Crippen LogP contribution in [-0.4, -0.2) is 44.2 Å². The van der Waals surface area contributed by atoms with Crippen molar-refractivity contribution in [1.29, 1.82) is 0 Å². The van der Waals surface area contributed by atoms with E-state index < -0.39 is 9.84 Å². The highest BCUT2D eigenvalue weighted by Gasteiger charge is 2.32. The van der Waals surface area contributed by atoms with Crippen molar-refractivity contribution in [2.75, 3.05) is 24.7 Å². The molecule has 0 saturated carbocycles. The third kappa shape index (κ3) is 2.92. The smallest absolute Gasteiger partial charge is 0.150 e. The van der Waals surface area contributed by atoms with Crippen molar-refractivity contribution in [3.8, 4) is 0 Å². The van der Waals surface area contributed by atoms with Gasteiger partial charge in [-0.3, -0.25) is 0 Å². The van der Waals surface area contributed by atoms with Crippen molar-refractivity contribution in [2.24, 2.45) is 11.8 Å². The van der Waals surface area contributed by atoms with E-state index in [1.807, 2.05) is 0 Å². The predicted octanol–water partition coefficient (Wildman–Crippen LogP) is -0.218. The lowest BCUT2D eigenvalue weighted by Crippen LogP contribution is -2.24. The van der Waals surface area contributed by atoms with Crippen LogP contribution in [0, 0.1) is 11.8 Å². The van der Waals surface area contributed by atoms with Gasteiger partial charge in [0.1, 0.15) is 0 Å². The van der Waals surface area contributed by atoms with E-state index >= 15 is 0 Å². The number of hydrogen-bond acceptors (Lipinski definition) is 4. The predicted molar refractivity (Wildman–Crippen MR) is 58.4 cm³/mol. The Kier molecular flexibility index (Phi) is 3.33. The Hall–Kier alpha value is -0.130. The molecule has 3 unspecified atom stereocenters. The zero-order valence-corrected chi connectivity index (χ0v) is 9.67. The van der Waals surface area contributed by atoms with E-state index in [1.54, 1.807) is 0 Å². The third-order valence-electron chi connectivity index (χ3n) is 3.53. The normalized spacial score (nSPS) is 39.7. The third-order valence-corrected chi connectivity index (χ3v) is 5.36. The highest BCUT2D eigenvalue weighted by molar-refractivity contribution is 7.91. The van der Waals surface area contributed by atoms with Crippen LogP contribution in [0.1, 0.15) is 19.3 Å². The van der Waals surface area contributed by atoms with Crippen LogP contribution in [-0.2, 0) is 9.84 Å². The van der Waals surface area contributed by atoms with Gasteiger partial charge < -0.3 is 10.4 Å². The Bertz CT molecular complexity index is 315. The van der Waals surface area contributed by atoms with Gasteiger partial charge in [0.15, 0.2) is 9.84 Å². The van der Waals surface area contributed by atoms with Gasteiger partial charge in [-0.1, -0.05) is 0 Å². The van der Waals surface area contributed by atoms with Crippen molar-refractivity contribution in [3.63, 3.8) is 0 Å². The maximum Gasteiger partial charge on any atom is 0.150 e. The molecule has 0 aromatic heterocycles. The van der Waals surface area contributed by atoms with Gasteiger partial charge in [0, 0.05) is 6.04 Å². The molecule has 2 heterocycles. The molecule has 2 N–H and O–H groups in total. The first-order valence-electron chi connectivity index (χ1n) is 5.64. The molecule has 0 aromatic rings. The molecule has 2 fully saturated rings. The molecule has 4 nitrogen and oxygen atoms in total. The fraction of sp³-hybridized carbons (Fsp3) is 1.00. The number of aliphatic hydroxyl groups excluding tert-OH is 1. The molecule has 2 rings (SSSR count). The number of rotatable bonds is 3. The first-order chi connectivity index (χ1) is 7.09. The molecule has 0 aromatic carbocycles. The fourth-order valence-electron chi connectivity index (χ4n) is 2.75. The van der Waals surface area contributed by atoms with Crippen molar-refractivity contribution in [1.82, 2.24) is 5.32 Å². The fourth-order valence-corrected chi connectivity index (χ4v) is 4.63. The number of sulfone groups is 1. The van der Waals surface area contributed by atoms with Crippen LogP contribution in [0.5, 0.6) is 0 Å². The van der Waals surface area contributed by atoms with E-state index in [9.17, 15) is 8.42 Å². The summed E-state index contributed by atoms with van der Waals surface area (Å²) in [5, 5.41) is 12.2. The average Bonchev–Trinajstić information content (AvgIpc) is 2.73. The number of aliphatic hydroxyl groups is 1. The average molecular weight is 233 g/mol. The van der Waals surface area contributed by atoms with Crippen molar-refractivity contribution < 1.29 is 13.5 Å². The van der Waals surface area contributed by atoms with Crippen molar-refractivity contribution in [2.45, 2.75) is 25.3 Å². The molecule has 2 aliphatic rings. The Morgan fingerprint density at radius 1 is 1.33 bits per heavy atom. The van der Waals surface area contributed by atoms with E-state index in [4.69, 9.17) is 5.11 Å². The lowest BCUT2D eigenvalue weighted by atomic mass is 9.92. The van der Waals surface area contributed by atoms with Crippen LogP contribution < -0.4 is 5.32 Å². The molecule has 2 aliphatic heterocycles. The molecule has 0 spiro atoms. The van der Waals surface area contributed by atoms with Crippen LogP contribution in [0.2, 0.25) is 0 Å². The zero-order chi connectivity index (χ0) is 10.9. The van der Waals surface area contributed by atoms with Gasteiger partial charge in [0.25, 0.3) is 0 Å². The Morgan fingerprint density at radius 2 is 2.13 bits per heavy atom. The van der Waals surface area contributed by atoms with Crippen molar-refractivity contribution in [3.05, 3.63) is 0 Å². The summed E-state index contributed by atoms with van der Waals surface area (Å²) in [6.07, 6.45) is 2.83. The van der Waals surface area contributed by atoms with E-state index in [0.29, 0.717) is 23.3 Å².